The number of nitrogens with zero attached hydrogens (tertiary/aromatic N) is 1. The van der Waals surface area contributed by atoms with Crippen molar-refractivity contribution in [3.05, 3.63) is 0 Å². The summed E-state index contributed by atoms with van der Waals surface area (Å²) in [4.78, 5) is 14.0. The van der Waals surface area contributed by atoms with Crippen LogP contribution in [0.2, 0.25) is 0 Å². The van der Waals surface area contributed by atoms with Crippen LogP contribution in [0.5, 0.6) is 0 Å². The fourth-order valence-corrected chi connectivity index (χ4v) is 2.70. The first-order chi connectivity index (χ1) is 9.03. The van der Waals surface area contributed by atoms with E-state index in [4.69, 9.17) is 10.5 Å². The maximum atomic E-state index is 11.8. The molecule has 2 fully saturated rings. The van der Waals surface area contributed by atoms with Gasteiger partial charge < -0.3 is 10.5 Å². The molecule has 2 unspecified atom stereocenters. The minimum Gasteiger partial charge on any atom is -0.377 e. The Morgan fingerprint density at radius 2 is 2.21 bits per heavy atom. The van der Waals surface area contributed by atoms with Crippen LogP contribution in [0.1, 0.15) is 39.5 Å². The molecule has 0 bridgehead atoms. The van der Waals surface area contributed by atoms with Gasteiger partial charge in [0.25, 0.3) is 0 Å². The summed E-state index contributed by atoms with van der Waals surface area (Å²) in [6.07, 6.45) is 4.90. The van der Waals surface area contributed by atoms with Gasteiger partial charge in [-0.2, -0.15) is 0 Å². The lowest BCUT2D eigenvalue weighted by atomic mass is 10.00. The van der Waals surface area contributed by atoms with Crippen molar-refractivity contribution >= 4 is 5.91 Å². The fourth-order valence-electron chi connectivity index (χ4n) is 2.70. The van der Waals surface area contributed by atoms with Crippen molar-refractivity contribution in [2.75, 3.05) is 26.2 Å². The summed E-state index contributed by atoms with van der Waals surface area (Å²) in [6, 6.07) is 0.471. The van der Waals surface area contributed by atoms with E-state index >= 15 is 0 Å². The van der Waals surface area contributed by atoms with Gasteiger partial charge in [-0.05, 0) is 39.2 Å². The van der Waals surface area contributed by atoms with Crippen LogP contribution in [0.4, 0.5) is 0 Å². The van der Waals surface area contributed by atoms with Crippen molar-refractivity contribution in [1.82, 2.24) is 10.2 Å². The molecule has 0 spiro atoms. The van der Waals surface area contributed by atoms with E-state index in [1.165, 1.54) is 0 Å². The minimum absolute atomic E-state index is 0.259. The largest absolute Gasteiger partial charge is 0.377 e. The molecular weight excluding hydrogens is 242 g/mol. The number of carbonyl (C=O) groups is 1. The van der Waals surface area contributed by atoms with E-state index in [0.717, 1.165) is 45.4 Å². The molecule has 1 saturated carbocycles. The van der Waals surface area contributed by atoms with E-state index in [0.29, 0.717) is 18.7 Å². The molecule has 5 nitrogen and oxygen atoms in total. The van der Waals surface area contributed by atoms with E-state index in [-0.39, 0.29) is 5.91 Å². The van der Waals surface area contributed by atoms with Crippen LogP contribution in [-0.4, -0.2) is 54.7 Å². The van der Waals surface area contributed by atoms with Gasteiger partial charge in [0.05, 0.1) is 6.10 Å². The van der Waals surface area contributed by atoms with E-state index in [1.807, 2.05) is 6.92 Å². The smallest absolute Gasteiger partial charge is 0.238 e. The summed E-state index contributed by atoms with van der Waals surface area (Å²) in [5, 5.41) is 3.40. The standard InChI is InChI=1S/C14H27N3O2/c1-3-17(9-12-5-4-8-19-12)10-14(2,13(15)18)16-11-6-7-11/h11-12,16H,3-10H2,1-2H3,(H2,15,18). The third-order valence-electron chi connectivity index (χ3n) is 4.12. The van der Waals surface area contributed by atoms with Gasteiger partial charge in [-0.1, -0.05) is 6.92 Å². The van der Waals surface area contributed by atoms with Crippen molar-refractivity contribution in [1.29, 1.82) is 0 Å². The zero-order valence-electron chi connectivity index (χ0n) is 12.2. The Kier molecular flexibility index (Phi) is 4.81. The molecule has 1 amide bonds. The average Bonchev–Trinajstić information content (AvgIpc) is 3.02. The lowest BCUT2D eigenvalue weighted by Crippen LogP contribution is -2.60. The molecule has 0 radical (unpaired) electrons. The van der Waals surface area contributed by atoms with E-state index < -0.39 is 5.54 Å². The number of hydrogen-bond donors (Lipinski definition) is 2. The third-order valence-corrected chi connectivity index (χ3v) is 4.12. The molecule has 2 aliphatic rings. The average molecular weight is 269 g/mol. The summed E-state index contributed by atoms with van der Waals surface area (Å²) >= 11 is 0. The third kappa shape index (κ3) is 4.16. The van der Waals surface area contributed by atoms with Crippen LogP contribution < -0.4 is 11.1 Å². The molecule has 2 atom stereocenters. The maximum Gasteiger partial charge on any atom is 0.238 e. The highest BCUT2D eigenvalue weighted by Gasteiger charge is 2.38. The number of hydrogen-bond acceptors (Lipinski definition) is 4. The SMILES string of the molecule is CCN(CC1CCCO1)CC(C)(NC1CC1)C(N)=O. The van der Waals surface area contributed by atoms with Crippen LogP contribution in [0.3, 0.4) is 0 Å². The quantitative estimate of drug-likeness (QED) is 0.673. The van der Waals surface area contributed by atoms with Crippen LogP contribution >= 0.6 is 0 Å². The topological polar surface area (TPSA) is 67.6 Å². The Labute approximate surface area is 115 Å². The van der Waals surface area contributed by atoms with Gasteiger partial charge in [0, 0.05) is 25.7 Å². The minimum atomic E-state index is -0.629. The van der Waals surface area contributed by atoms with Crippen molar-refractivity contribution in [2.45, 2.75) is 57.2 Å². The monoisotopic (exact) mass is 269 g/mol. The predicted octanol–water partition coefficient (Wildman–Crippen LogP) is 0.483. The van der Waals surface area contributed by atoms with Crippen LogP contribution in [0.25, 0.3) is 0 Å². The molecule has 0 aromatic rings. The summed E-state index contributed by atoms with van der Waals surface area (Å²) in [5.74, 6) is -0.259. The molecule has 110 valence electrons. The van der Waals surface area contributed by atoms with Gasteiger partial charge in [-0.3, -0.25) is 15.0 Å². The molecule has 2 rings (SSSR count). The molecule has 1 aliphatic heterocycles. The molecule has 19 heavy (non-hydrogen) atoms. The second-order valence-corrected chi connectivity index (χ2v) is 6.08. The van der Waals surface area contributed by atoms with Crippen LogP contribution in [-0.2, 0) is 9.53 Å². The Morgan fingerprint density at radius 3 is 2.68 bits per heavy atom. The van der Waals surface area contributed by atoms with Gasteiger partial charge >= 0.3 is 0 Å². The normalized spacial score (nSPS) is 26.6. The molecular formula is C14H27N3O2. The lowest BCUT2D eigenvalue weighted by molar-refractivity contribution is -0.124. The highest BCUT2D eigenvalue weighted by molar-refractivity contribution is 5.84. The van der Waals surface area contributed by atoms with Gasteiger partial charge in [0.2, 0.25) is 5.91 Å². The Balaban J connectivity index is 1.90. The Morgan fingerprint density at radius 1 is 1.47 bits per heavy atom. The predicted molar refractivity (Wildman–Crippen MR) is 74.8 cm³/mol. The first kappa shape index (κ1) is 14.8. The highest BCUT2D eigenvalue weighted by atomic mass is 16.5. The molecule has 1 heterocycles. The number of nitrogens with two attached hydrogens (primary N) is 1. The summed E-state index contributed by atoms with van der Waals surface area (Å²) in [6.45, 7) is 7.38. The number of carbonyl (C=O) groups excluding carboxylic acids is 1. The molecule has 5 heteroatoms. The summed E-state index contributed by atoms with van der Waals surface area (Å²) in [5.41, 5.74) is 4.97. The number of likely N-dealkylation sites (N-methyl/N-ethyl adjacent to an activating group) is 1. The van der Waals surface area contributed by atoms with Gasteiger partial charge in [0.15, 0.2) is 0 Å². The first-order valence-electron chi connectivity index (χ1n) is 7.45. The van der Waals surface area contributed by atoms with Crippen LogP contribution in [0, 0.1) is 0 Å². The van der Waals surface area contributed by atoms with Crippen LogP contribution in [0.15, 0.2) is 0 Å². The van der Waals surface area contributed by atoms with Crippen molar-refractivity contribution in [3.8, 4) is 0 Å². The first-order valence-corrected chi connectivity index (χ1v) is 7.45. The van der Waals surface area contributed by atoms with E-state index in [9.17, 15) is 4.79 Å². The maximum absolute atomic E-state index is 11.8. The molecule has 0 aromatic carbocycles. The van der Waals surface area contributed by atoms with Gasteiger partial charge in [-0.15, -0.1) is 0 Å². The van der Waals surface area contributed by atoms with Gasteiger partial charge in [-0.25, -0.2) is 0 Å². The number of rotatable bonds is 8. The molecule has 1 saturated heterocycles. The molecule has 3 N–H and O–H groups in total. The Hall–Kier alpha value is -0.650. The second-order valence-electron chi connectivity index (χ2n) is 6.08. The number of amides is 1. The Bertz CT molecular complexity index is 314. The lowest BCUT2D eigenvalue weighted by Gasteiger charge is -2.34. The highest BCUT2D eigenvalue weighted by Crippen LogP contribution is 2.23. The number of ether oxygens (including phenoxy) is 1. The second kappa shape index (κ2) is 6.20. The zero-order valence-corrected chi connectivity index (χ0v) is 12.2. The fraction of sp³-hybridized carbons (Fsp3) is 0.929. The molecule has 0 aromatic heterocycles. The number of primary amides is 1. The van der Waals surface area contributed by atoms with Crippen molar-refractivity contribution in [3.63, 3.8) is 0 Å². The molecule has 1 aliphatic carbocycles. The number of nitrogens with one attached hydrogen (secondary N) is 1. The summed E-state index contributed by atoms with van der Waals surface area (Å²) in [7, 11) is 0. The van der Waals surface area contributed by atoms with Crippen molar-refractivity contribution < 1.29 is 9.53 Å². The van der Waals surface area contributed by atoms with E-state index in [1.54, 1.807) is 0 Å². The van der Waals surface area contributed by atoms with Gasteiger partial charge in [0.1, 0.15) is 5.54 Å². The van der Waals surface area contributed by atoms with Crippen molar-refractivity contribution in [2.24, 2.45) is 5.73 Å². The van der Waals surface area contributed by atoms with E-state index in [2.05, 4.69) is 17.1 Å². The summed E-state index contributed by atoms with van der Waals surface area (Å²) < 4.78 is 5.68. The zero-order chi connectivity index (χ0) is 13.9.